The molecule has 2 heteroatoms. The molecule has 0 atom stereocenters. The van der Waals surface area contributed by atoms with Crippen molar-refractivity contribution in [1.82, 2.24) is 0 Å². The van der Waals surface area contributed by atoms with Crippen LogP contribution in [0.4, 0.5) is 0 Å². The second-order valence-corrected chi connectivity index (χ2v) is 5.37. The Kier molecular flexibility index (Phi) is 5.18. The van der Waals surface area contributed by atoms with Gasteiger partial charge in [0.25, 0.3) is 0 Å². The van der Waals surface area contributed by atoms with E-state index in [9.17, 15) is 4.79 Å². The molecule has 1 aromatic carbocycles. The van der Waals surface area contributed by atoms with Gasteiger partial charge in [0.2, 0.25) is 0 Å². The first-order valence-corrected chi connectivity index (χ1v) is 7.21. The Balaban J connectivity index is 1.75. The third-order valence-corrected chi connectivity index (χ3v) is 3.50. The molecule has 0 bridgehead atoms. The molecule has 0 spiro atoms. The van der Waals surface area contributed by atoms with E-state index >= 15 is 0 Å². The zero-order valence-electron chi connectivity index (χ0n) is 10.7. The number of allylic oxidation sites excluding steroid dienone is 4. The third-order valence-electron chi connectivity index (χ3n) is 2.98. The number of unbranched alkanes of at least 4 members (excludes halogenated alkanes) is 1. The van der Waals surface area contributed by atoms with E-state index in [-0.39, 0.29) is 5.78 Å². The SMILES string of the molecule is O=C(CCCCC1=C=C=CC=C1)c1ccc(Br)cc1. The fraction of sp³-hybridized carbons (Fsp3) is 0.235. The van der Waals surface area contributed by atoms with E-state index in [1.54, 1.807) is 0 Å². The number of carbonyl (C=O) groups is 1. The van der Waals surface area contributed by atoms with Gasteiger partial charge in [-0.15, -0.1) is 0 Å². The predicted octanol–water partition coefficient (Wildman–Crippen LogP) is 5.00. The summed E-state index contributed by atoms with van der Waals surface area (Å²) in [6, 6.07) is 7.54. The van der Waals surface area contributed by atoms with Gasteiger partial charge in [0.05, 0.1) is 0 Å². The Morgan fingerprint density at radius 2 is 1.95 bits per heavy atom. The molecule has 1 nitrogen and oxygen atoms in total. The fourth-order valence-corrected chi connectivity index (χ4v) is 2.18. The Labute approximate surface area is 122 Å². The Morgan fingerprint density at radius 1 is 1.16 bits per heavy atom. The van der Waals surface area contributed by atoms with Gasteiger partial charge in [-0.25, -0.2) is 0 Å². The lowest BCUT2D eigenvalue weighted by atomic mass is 10.0. The van der Waals surface area contributed by atoms with E-state index in [2.05, 4.69) is 27.4 Å². The Bertz CT molecular complexity index is 580. The zero-order valence-corrected chi connectivity index (χ0v) is 12.2. The normalized spacial score (nSPS) is 12.6. The summed E-state index contributed by atoms with van der Waals surface area (Å²) in [6.07, 6.45) is 9.36. The highest BCUT2D eigenvalue weighted by Gasteiger charge is 2.05. The molecular formula is C17H15BrO. The largest absolute Gasteiger partial charge is 0.294 e. The van der Waals surface area contributed by atoms with Crippen molar-refractivity contribution >= 4 is 21.7 Å². The van der Waals surface area contributed by atoms with Gasteiger partial charge >= 0.3 is 0 Å². The minimum Gasteiger partial charge on any atom is -0.294 e. The molecule has 1 aliphatic rings. The quantitative estimate of drug-likeness (QED) is 0.410. The van der Waals surface area contributed by atoms with Gasteiger partial charge in [0.15, 0.2) is 5.78 Å². The fourth-order valence-electron chi connectivity index (χ4n) is 1.92. The highest BCUT2D eigenvalue weighted by Crippen LogP contribution is 2.15. The molecule has 0 heterocycles. The first-order chi connectivity index (χ1) is 9.25. The lowest BCUT2D eigenvalue weighted by molar-refractivity contribution is 0.0979. The van der Waals surface area contributed by atoms with Crippen molar-refractivity contribution in [3.8, 4) is 0 Å². The number of halogens is 1. The first kappa shape index (κ1) is 13.8. The lowest BCUT2D eigenvalue weighted by Crippen LogP contribution is -1.98. The number of Topliss-reactive ketones (excluding diaryl/α,β-unsaturated/α-hetero) is 1. The van der Waals surface area contributed by atoms with Crippen molar-refractivity contribution < 1.29 is 4.79 Å². The maximum Gasteiger partial charge on any atom is 0.162 e. The van der Waals surface area contributed by atoms with Gasteiger partial charge in [-0.2, -0.15) is 0 Å². The van der Waals surface area contributed by atoms with Crippen molar-refractivity contribution in [3.63, 3.8) is 0 Å². The summed E-state index contributed by atoms with van der Waals surface area (Å²) in [5.41, 5.74) is 7.98. The van der Waals surface area contributed by atoms with Gasteiger partial charge in [-0.05, 0) is 37.5 Å². The monoisotopic (exact) mass is 314 g/mol. The minimum absolute atomic E-state index is 0.219. The topological polar surface area (TPSA) is 17.1 Å². The molecule has 0 radical (unpaired) electrons. The number of benzene rings is 1. The second kappa shape index (κ2) is 7.11. The highest BCUT2D eigenvalue weighted by atomic mass is 79.9. The third kappa shape index (κ3) is 4.54. The molecule has 2 rings (SSSR count). The van der Waals surface area contributed by atoms with E-state index in [1.807, 2.05) is 42.5 Å². The van der Waals surface area contributed by atoms with Crippen molar-refractivity contribution in [2.45, 2.75) is 25.7 Å². The summed E-state index contributed by atoms with van der Waals surface area (Å²) < 4.78 is 1.000. The van der Waals surface area contributed by atoms with Crippen LogP contribution in [-0.4, -0.2) is 5.78 Å². The van der Waals surface area contributed by atoms with Gasteiger partial charge in [0, 0.05) is 22.0 Å². The van der Waals surface area contributed by atoms with Crippen molar-refractivity contribution in [2.24, 2.45) is 0 Å². The molecule has 0 fully saturated rings. The molecule has 0 saturated carbocycles. The molecule has 0 amide bonds. The van der Waals surface area contributed by atoms with Crippen LogP contribution in [0.1, 0.15) is 36.0 Å². The average Bonchev–Trinajstić information content (AvgIpc) is 2.45. The summed E-state index contributed by atoms with van der Waals surface area (Å²) in [6.45, 7) is 0. The predicted molar refractivity (Wildman–Crippen MR) is 81.2 cm³/mol. The van der Waals surface area contributed by atoms with Crippen LogP contribution in [0, 0.1) is 0 Å². The van der Waals surface area contributed by atoms with Crippen molar-refractivity contribution in [1.29, 1.82) is 0 Å². The number of rotatable bonds is 6. The van der Waals surface area contributed by atoms with Crippen molar-refractivity contribution in [2.75, 3.05) is 0 Å². The summed E-state index contributed by atoms with van der Waals surface area (Å²) >= 11 is 3.37. The van der Waals surface area contributed by atoms with Gasteiger partial charge in [-0.1, -0.05) is 51.7 Å². The molecule has 0 saturated heterocycles. The molecule has 96 valence electrons. The van der Waals surface area contributed by atoms with Crippen LogP contribution >= 0.6 is 15.9 Å². The standard InChI is InChI=1S/C17H15BrO/c18-16-12-10-15(11-13-16)17(19)9-5-4-8-14-6-2-1-3-7-14/h1-2,6,10-13H,4-5,8-9H2. The van der Waals surface area contributed by atoms with E-state index < -0.39 is 0 Å². The van der Waals surface area contributed by atoms with E-state index in [1.165, 1.54) is 5.57 Å². The highest BCUT2D eigenvalue weighted by molar-refractivity contribution is 9.10. The number of hydrogen-bond acceptors (Lipinski definition) is 1. The van der Waals surface area contributed by atoms with Crippen LogP contribution < -0.4 is 0 Å². The molecule has 19 heavy (non-hydrogen) atoms. The maximum atomic E-state index is 11.9. The molecule has 0 aliphatic heterocycles. The number of ketones is 1. The Hall–Kier alpha value is -1.59. The molecular weight excluding hydrogens is 300 g/mol. The smallest absolute Gasteiger partial charge is 0.162 e. The summed E-state index contributed by atoms with van der Waals surface area (Å²) in [7, 11) is 0. The van der Waals surface area contributed by atoms with Gasteiger partial charge < -0.3 is 0 Å². The number of carbonyl (C=O) groups excluding carboxylic acids is 1. The molecule has 0 N–H and O–H groups in total. The summed E-state index contributed by atoms with van der Waals surface area (Å²) in [4.78, 5) is 11.9. The average molecular weight is 315 g/mol. The number of hydrogen-bond donors (Lipinski definition) is 0. The minimum atomic E-state index is 0.219. The first-order valence-electron chi connectivity index (χ1n) is 6.42. The van der Waals surface area contributed by atoms with Crippen LogP contribution in [0.15, 0.2) is 64.0 Å². The van der Waals surface area contributed by atoms with Crippen molar-refractivity contribution in [3.05, 3.63) is 69.6 Å². The maximum absolute atomic E-state index is 11.9. The van der Waals surface area contributed by atoms with Gasteiger partial charge in [0.1, 0.15) is 0 Å². The molecule has 1 aliphatic carbocycles. The molecule has 0 aromatic heterocycles. The van der Waals surface area contributed by atoms with Crippen LogP contribution in [0.25, 0.3) is 0 Å². The van der Waals surface area contributed by atoms with Crippen LogP contribution in [0.5, 0.6) is 0 Å². The van der Waals surface area contributed by atoms with Crippen LogP contribution in [0.3, 0.4) is 0 Å². The van der Waals surface area contributed by atoms with Crippen LogP contribution in [-0.2, 0) is 0 Å². The zero-order chi connectivity index (χ0) is 13.5. The second-order valence-electron chi connectivity index (χ2n) is 4.46. The summed E-state index contributed by atoms with van der Waals surface area (Å²) in [5.74, 6) is 0.219. The molecule has 0 unspecified atom stereocenters. The van der Waals surface area contributed by atoms with E-state index in [0.717, 1.165) is 29.3 Å². The molecule has 1 aromatic rings. The van der Waals surface area contributed by atoms with Gasteiger partial charge in [-0.3, -0.25) is 4.79 Å². The van der Waals surface area contributed by atoms with E-state index in [4.69, 9.17) is 0 Å². The van der Waals surface area contributed by atoms with E-state index in [0.29, 0.717) is 6.42 Å². The summed E-state index contributed by atoms with van der Waals surface area (Å²) in [5, 5.41) is 0. The van der Waals surface area contributed by atoms with Crippen LogP contribution in [0.2, 0.25) is 0 Å². The lowest BCUT2D eigenvalue weighted by Gasteiger charge is -2.02. The Morgan fingerprint density at radius 3 is 2.63 bits per heavy atom.